The number of nitrogens with zero attached hydrogens (tertiary/aromatic N) is 5. The maximum Gasteiger partial charge on any atom is 0.299 e. The van der Waals surface area contributed by atoms with Crippen molar-refractivity contribution in [2.24, 2.45) is 10.2 Å². The predicted octanol–water partition coefficient (Wildman–Crippen LogP) is 3.32. The van der Waals surface area contributed by atoms with Crippen LogP contribution in [0.2, 0.25) is 5.02 Å². The molecule has 2 aromatic rings. The highest BCUT2D eigenvalue weighted by atomic mass is 35.5. The first-order chi connectivity index (χ1) is 9.65. The largest absolute Gasteiger partial charge is 0.408 e. The Balaban J connectivity index is 2.26. The average Bonchev–Trinajstić information content (AvgIpc) is 2.79. The zero-order valence-electron chi connectivity index (χ0n) is 10.1. The van der Waals surface area contributed by atoms with Crippen molar-refractivity contribution in [2.45, 2.75) is 6.92 Å². The van der Waals surface area contributed by atoms with Gasteiger partial charge in [-0.3, -0.25) is 4.79 Å². The lowest BCUT2D eigenvalue weighted by atomic mass is 10.3. The Labute approximate surface area is 122 Å². The van der Waals surface area contributed by atoms with E-state index in [4.69, 9.17) is 16.9 Å². The fourth-order valence-electron chi connectivity index (χ4n) is 1.26. The minimum absolute atomic E-state index is 0.00744. The highest BCUT2D eigenvalue weighted by Crippen LogP contribution is 2.30. The molecule has 0 bridgehead atoms. The summed E-state index contributed by atoms with van der Waals surface area (Å²) in [5.74, 6) is -0.00744. The van der Waals surface area contributed by atoms with Gasteiger partial charge in [-0.15, -0.1) is 10.2 Å². The Hall–Kier alpha value is -2.37. The molecule has 2 aromatic heterocycles. The summed E-state index contributed by atoms with van der Waals surface area (Å²) < 4.78 is 8.57. The lowest BCUT2D eigenvalue weighted by molar-refractivity contribution is -0.120. The third-order valence-corrected chi connectivity index (χ3v) is 3.26. The molecule has 0 unspecified atom stereocenters. The lowest BCUT2D eigenvalue weighted by Crippen LogP contribution is -1.91. The highest BCUT2D eigenvalue weighted by molar-refractivity contribution is 7.10. The maximum atomic E-state index is 10.2. The van der Waals surface area contributed by atoms with Crippen LogP contribution in [0.15, 0.2) is 22.5 Å². The number of azo groups is 1. The smallest absolute Gasteiger partial charge is 0.299 e. The first-order valence-corrected chi connectivity index (χ1v) is 6.34. The Morgan fingerprint density at radius 3 is 3.00 bits per heavy atom. The van der Waals surface area contributed by atoms with Gasteiger partial charge in [0.05, 0.1) is 11.9 Å². The molecule has 2 rings (SSSR count). The summed E-state index contributed by atoms with van der Waals surface area (Å²) in [6.45, 7) is 1.95. The second kappa shape index (κ2) is 6.18. The van der Waals surface area contributed by atoms with Gasteiger partial charge in [0.25, 0.3) is 6.47 Å². The number of ether oxygens (including phenoxy) is 1. The number of carbonyl (C=O) groups is 1. The van der Waals surface area contributed by atoms with E-state index >= 15 is 0 Å². The molecule has 0 spiro atoms. The van der Waals surface area contributed by atoms with Gasteiger partial charge >= 0.3 is 0 Å². The molecule has 0 amide bonds. The van der Waals surface area contributed by atoms with E-state index in [2.05, 4.69) is 24.3 Å². The number of rotatable bonds is 4. The van der Waals surface area contributed by atoms with E-state index in [1.807, 2.05) is 6.07 Å². The number of hydrogen-bond donors (Lipinski definition) is 0. The first kappa shape index (κ1) is 14.0. The monoisotopic (exact) mass is 307 g/mol. The number of halogens is 1. The first-order valence-electron chi connectivity index (χ1n) is 5.19. The van der Waals surface area contributed by atoms with Gasteiger partial charge in [0.1, 0.15) is 22.3 Å². The molecule has 0 aliphatic heterocycles. The molecule has 0 atom stereocenters. The number of carbonyl (C=O) groups excluding carboxylic acids is 1. The molecule has 0 N–H and O–H groups in total. The lowest BCUT2D eigenvalue weighted by Gasteiger charge is -1.99. The summed E-state index contributed by atoms with van der Waals surface area (Å²) in [7, 11) is 0. The van der Waals surface area contributed by atoms with Crippen LogP contribution in [-0.4, -0.2) is 15.8 Å². The van der Waals surface area contributed by atoms with Crippen LogP contribution in [0.1, 0.15) is 11.3 Å². The molecule has 2 heterocycles. The Kier molecular flexibility index (Phi) is 4.34. The van der Waals surface area contributed by atoms with Crippen molar-refractivity contribution in [1.29, 1.82) is 5.26 Å². The van der Waals surface area contributed by atoms with E-state index in [1.165, 1.54) is 12.3 Å². The second-order valence-corrected chi connectivity index (χ2v) is 4.61. The fraction of sp³-hybridized carbons (Fsp3) is 0.0909. The van der Waals surface area contributed by atoms with Crippen LogP contribution in [0.25, 0.3) is 0 Å². The predicted molar refractivity (Wildman–Crippen MR) is 71.7 cm³/mol. The van der Waals surface area contributed by atoms with E-state index < -0.39 is 0 Å². The molecule has 0 saturated heterocycles. The van der Waals surface area contributed by atoms with E-state index in [-0.39, 0.29) is 17.4 Å². The summed E-state index contributed by atoms with van der Waals surface area (Å²) in [5, 5.41) is 17.4. The summed E-state index contributed by atoms with van der Waals surface area (Å²) in [6.07, 6.45) is 1.34. The van der Waals surface area contributed by atoms with E-state index in [9.17, 15) is 4.79 Å². The standard InChI is InChI=1S/C11H6ClN5O2S/c1-6-8(3-13)11(20-17-6)16-15-7-2-9(12)10(14-4-7)19-5-18/h2,4-5H,1H3. The highest BCUT2D eigenvalue weighted by Gasteiger charge is 2.09. The van der Waals surface area contributed by atoms with Crippen LogP contribution in [0.4, 0.5) is 10.7 Å². The van der Waals surface area contributed by atoms with Crippen molar-refractivity contribution in [1.82, 2.24) is 9.36 Å². The van der Waals surface area contributed by atoms with Crippen molar-refractivity contribution >= 4 is 40.3 Å². The number of hydrogen-bond acceptors (Lipinski definition) is 8. The molecule has 0 radical (unpaired) electrons. The molecule has 0 saturated carbocycles. The molecular formula is C11H6ClN5O2S. The summed E-state index contributed by atoms with van der Waals surface area (Å²) in [5.41, 5.74) is 1.36. The normalized spacial score (nSPS) is 10.4. The molecule has 100 valence electrons. The van der Waals surface area contributed by atoms with Gasteiger partial charge in [0, 0.05) is 0 Å². The number of nitriles is 1. The number of pyridine rings is 1. The summed E-state index contributed by atoms with van der Waals surface area (Å²) >= 11 is 6.92. The SMILES string of the molecule is Cc1nsc(N=Nc2cnc(OC=O)c(Cl)c2)c1C#N. The van der Waals surface area contributed by atoms with Crippen LogP contribution >= 0.6 is 23.1 Å². The third kappa shape index (κ3) is 2.96. The molecule has 9 heteroatoms. The molecular weight excluding hydrogens is 302 g/mol. The van der Waals surface area contributed by atoms with Gasteiger partial charge in [-0.05, 0) is 24.5 Å². The van der Waals surface area contributed by atoms with Gasteiger partial charge in [0.15, 0.2) is 5.00 Å². The van der Waals surface area contributed by atoms with Crippen molar-refractivity contribution in [3.8, 4) is 11.9 Å². The van der Waals surface area contributed by atoms with Gasteiger partial charge in [0.2, 0.25) is 5.88 Å². The van der Waals surface area contributed by atoms with Crippen LogP contribution < -0.4 is 4.74 Å². The van der Waals surface area contributed by atoms with E-state index in [0.29, 0.717) is 21.9 Å². The second-order valence-electron chi connectivity index (χ2n) is 3.45. The Bertz CT molecular complexity index is 722. The van der Waals surface area contributed by atoms with Crippen LogP contribution in [0.3, 0.4) is 0 Å². The molecule has 20 heavy (non-hydrogen) atoms. The van der Waals surface area contributed by atoms with Crippen molar-refractivity contribution in [3.05, 3.63) is 28.5 Å². The number of aryl methyl sites for hydroxylation is 1. The molecule has 0 aliphatic rings. The summed E-state index contributed by atoms with van der Waals surface area (Å²) in [4.78, 5) is 14.0. The van der Waals surface area contributed by atoms with Gasteiger partial charge in [-0.2, -0.15) is 9.64 Å². The van der Waals surface area contributed by atoms with Gasteiger partial charge in [-0.25, -0.2) is 4.98 Å². The van der Waals surface area contributed by atoms with Gasteiger partial charge < -0.3 is 4.74 Å². The molecule has 0 fully saturated rings. The number of aromatic nitrogens is 2. The van der Waals surface area contributed by atoms with Crippen molar-refractivity contribution < 1.29 is 9.53 Å². The zero-order valence-corrected chi connectivity index (χ0v) is 11.6. The van der Waals surface area contributed by atoms with Crippen LogP contribution in [-0.2, 0) is 4.79 Å². The topological polar surface area (TPSA) is 101 Å². The Morgan fingerprint density at radius 1 is 1.55 bits per heavy atom. The van der Waals surface area contributed by atoms with Crippen molar-refractivity contribution in [3.63, 3.8) is 0 Å². The van der Waals surface area contributed by atoms with Crippen LogP contribution in [0, 0.1) is 18.3 Å². The average molecular weight is 308 g/mol. The molecule has 7 nitrogen and oxygen atoms in total. The minimum atomic E-state index is -0.00744. The van der Waals surface area contributed by atoms with E-state index in [0.717, 1.165) is 11.5 Å². The van der Waals surface area contributed by atoms with Crippen LogP contribution in [0.5, 0.6) is 5.88 Å². The van der Waals surface area contributed by atoms with E-state index in [1.54, 1.807) is 6.92 Å². The fourth-order valence-corrected chi connectivity index (χ4v) is 2.14. The molecule has 0 aliphatic carbocycles. The zero-order chi connectivity index (χ0) is 14.5. The van der Waals surface area contributed by atoms with Crippen molar-refractivity contribution in [2.75, 3.05) is 0 Å². The third-order valence-electron chi connectivity index (χ3n) is 2.17. The Morgan fingerprint density at radius 2 is 2.35 bits per heavy atom. The molecule has 0 aromatic carbocycles. The quantitative estimate of drug-likeness (QED) is 0.637. The summed E-state index contributed by atoms with van der Waals surface area (Å²) in [6, 6.07) is 3.45. The minimum Gasteiger partial charge on any atom is -0.408 e. The van der Waals surface area contributed by atoms with Gasteiger partial charge in [-0.1, -0.05) is 11.6 Å². The maximum absolute atomic E-state index is 10.2.